The monoisotopic (exact) mass is 202 g/mol. The third-order valence-electron chi connectivity index (χ3n) is 3.43. The molecule has 0 bridgehead atoms. The van der Waals surface area contributed by atoms with Crippen LogP contribution in [0.15, 0.2) is 0 Å². The molecule has 0 saturated heterocycles. The van der Waals surface area contributed by atoms with Gasteiger partial charge in [0.25, 0.3) is 0 Å². The van der Waals surface area contributed by atoms with Crippen LogP contribution in [0.3, 0.4) is 0 Å². The molecule has 1 saturated carbocycles. The van der Waals surface area contributed by atoms with E-state index in [-0.39, 0.29) is 5.60 Å². The summed E-state index contributed by atoms with van der Waals surface area (Å²) < 4.78 is 5.67. The Hall–Kier alpha value is 0.390. The zero-order valence-corrected chi connectivity index (χ0v) is 10.2. The maximum atomic E-state index is 5.67. The Kier molecular flexibility index (Phi) is 4.69. The Labute approximate surface area is 84.9 Å². The quantitative estimate of drug-likeness (QED) is 0.627. The fraction of sp³-hybridized carbons (Fsp3) is 1.00. The van der Waals surface area contributed by atoms with E-state index in [1.165, 1.54) is 44.9 Å². The van der Waals surface area contributed by atoms with Gasteiger partial charge >= 0.3 is 0 Å². The van der Waals surface area contributed by atoms with Crippen LogP contribution in [0.25, 0.3) is 0 Å². The van der Waals surface area contributed by atoms with Crippen LogP contribution in [0.2, 0.25) is 0 Å². The first-order valence-electron chi connectivity index (χ1n) is 5.60. The van der Waals surface area contributed by atoms with Gasteiger partial charge < -0.3 is 4.52 Å². The average Bonchev–Trinajstić information content (AvgIpc) is 2.19. The molecule has 0 aromatic carbocycles. The molecular formula is C11H23OP. The Morgan fingerprint density at radius 1 is 1.31 bits per heavy atom. The van der Waals surface area contributed by atoms with Gasteiger partial charge in [-0.05, 0) is 25.2 Å². The van der Waals surface area contributed by atoms with E-state index in [9.17, 15) is 0 Å². The maximum Gasteiger partial charge on any atom is 0.0720 e. The van der Waals surface area contributed by atoms with Gasteiger partial charge in [-0.25, -0.2) is 0 Å². The van der Waals surface area contributed by atoms with Gasteiger partial charge in [0, 0.05) is 9.47 Å². The highest BCUT2D eigenvalue weighted by molar-refractivity contribution is 7.09. The van der Waals surface area contributed by atoms with Crippen LogP contribution in [0.5, 0.6) is 0 Å². The minimum atomic E-state index is 0.207. The van der Waals surface area contributed by atoms with Crippen molar-refractivity contribution in [2.75, 3.05) is 0 Å². The largest absolute Gasteiger partial charge is 0.359 e. The van der Waals surface area contributed by atoms with E-state index < -0.39 is 0 Å². The van der Waals surface area contributed by atoms with E-state index in [0.717, 1.165) is 5.92 Å². The molecule has 0 aromatic rings. The van der Waals surface area contributed by atoms with Crippen molar-refractivity contribution in [1.82, 2.24) is 0 Å². The van der Waals surface area contributed by atoms with Crippen LogP contribution in [0.4, 0.5) is 0 Å². The maximum absolute atomic E-state index is 5.67. The predicted octanol–water partition coefficient (Wildman–Crippen LogP) is 3.93. The molecule has 13 heavy (non-hydrogen) atoms. The molecule has 1 fully saturated rings. The summed E-state index contributed by atoms with van der Waals surface area (Å²) in [5.74, 6) is 0.804. The first-order chi connectivity index (χ1) is 6.22. The molecule has 0 N–H and O–H groups in total. The fourth-order valence-electron chi connectivity index (χ4n) is 2.35. The van der Waals surface area contributed by atoms with Gasteiger partial charge in [0.1, 0.15) is 0 Å². The lowest BCUT2D eigenvalue weighted by Gasteiger charge is -2.37. The number of hydrogen-bond acceptors (Lipinski definition) is 1. The molecule has 78 valence electrons. The summed E-state index contributed by atoms with van der Waals surface area (Å²) in [5, 5.41) is 0. The predicted molar refractivity (Wildman–Crippen MR) is 60.7 cm³/mol. The van der Waals surface area contributed by atoms with Crippen LogP contribution >= 0.6 is 9.47 Å². The second-order valence-electron chi connectivity index (χ2n) is 4.58. The van der Waals surface area contributed by atoms with Crippen LogP contribution in [0.1, 0.15) is 58.8 Å². The molecule has 0 aliphatic heterocycles. The molecular weight excluding hydrogens is 179 g/mol. The van der Waals surface area contributed by atoms with Crippen LogP contribution in [-0.2, 0) is 4.52 Å². The van der Waals surface area contributed by atoms with Crippen molar-refractivity contribution >= 4 is 9.47 Å². The van der Waals surface area contributed by atoms with Crippen LogP contribution in [0, 0.1) is 5.92 Å². The third-order valence-corrected chi connectivity index (χ3v) is 3.93. The summed E-state index contributed by atoms with van der Waals surface area (Å²) in [6.45, 7) is 4.60. The van der Waals surface area contributed by atoms with Crippen molar-refractivity contribution in [3.63, 3.8) is 0 Å². The van der Waals surface area contributed by atoms with Gasteiger partial charge in [-0.1, -0.05) is 39.5 Å². The van der Waals surface area contributed by atoms with Gasteiger partial charge in [-0.2, -0.15) is 0 Å². The molecule has 0 aromatic heterocycles. The van der Waals surface area contributed by atoms with Crippen molar-refractivity contribution in [3.05, 3.63) is 0 Å². The van der Waals surface area contributed by atoms with Crippen molar-refractivity contribution < 1.29 is 4.52 Å². The molecule has 1 aliphatic carbocycles. The Balaban J connectivity index is 2.47. The van der Waals surface area contributed by atoms with Gasteiger partial charge in [0.05, 0.1) is 5.60 Å². The summed E-state index contributed by atoms with van der Waals surface area (Å²) in [6.07, 6.45) is 9.15. The average molecular weight is 202 g/mol. The van der Waals surface area contributed by atoms with Gasteiger partial charge in [-0.3, -0.25) is 0 Å². The molecule has 2 atom stereocenters. The SMILES string of the molecule is CCC(C)CC1(OP)CCCCC1. The Morgan fingerprint density at radius 3 is 2.38 bits per heavy atom. The molecule has 0 spiro atoms. The van der Waals surface area contributed by atoms with E-state index in [4.69, 9.17) is 4.52 Å². The van der Waals surface area contributed by atoms with E-state index >= 15 is 0 Å². The van der Waals surface area contributed by atoms with Gasteiger partial charge in [0.15, 0.2) is 0 Å². The third kappa shape index (κ3) is 3.22. The van der Waals surface area contributed by atoms with E-state index in [1.54, 1.807) is 0 Å². The fourth-order valence-corrected chi connectivity index (χ4v) is 2.68. The normalized spacial score (nSPS) is 24.2. The minimum absolute atomic E-state index is 0.207. The lowest BCUT2D eigenvalue weighted by atomic mass is 9.78. The zero-order chi connectivity index (χ0) is 9.73. The van der Waals surface area contributed by atoms with Gasteiger partial charge in [-0.15, -0.1) is 0 Å². The summed E-state index contributed by atoms with van der Waals surface area (Å²) in [6, 6.07) is 0. The zero-order valence-electron chi connectivity index (χ0n) is 9.01. The summed E-state index contributed by atoms with van der Waals surface area (Å²) in [7, 11) is 2.49. The highest BCUT2D eigenvalue weighted by Gasteiger charge is 2.32. The Morgan fingerprint density at radius 2 is 1.92 bits per heavy atom. The summed E-state index contributed by atoms with van der Waals surface area (Å²) >= 11 is 0. The standard InChI is InChI=1S/C11H23OP/c1-3-10(2)9-11(12-13)7-5-4-6-8-11/h10H,3-9,13H2,1-2H3. The van der Waals surface area contributed by atoms with Crippen molar-refractivity contribution in [2.45, 2.75) is 64.4 Å². The molecule has 1 nitrogen and oxygen atoms in total. The van der Waals surface area contributed by atoms with Crippen LogP contribution < -0.4 is 0 Å². The highest BCUT2D eigenvalue weighted by atomic mass is 31.0. The lowest BCUT2D eigenvalue weighted by molar-refractivity contribution is 0.0264. The molecule has 1 aliphatic rings. The van der Waals surface area contributed by atoms with Gasteiger partial charge in [0.2, 0.25) is 0 Å². The van der Waals surface area contributed by atoms with Crippen molar-refractivity contribution in [1.29, 1.82) is 0 Å². The first-order valence-corrected chi connectivity index (χ1v) is 6.07. The topological polar surface area (TPSA) is 9.23 Å². The van der Waals surface area contributed by atoms with Crippen molar-refractivity contribution in [2.24, 2.45) is 5.92 Å². The smallest absolute Gasteiger partial charge is 0.0720 e. The molecule has 0 radical (unpaired) electrons. The van der Waals surface area contributed by atoms with Crippen molar-refractivity contribution in [3.8, 4) is 0 Å². The lowest BCUT2D eigenvalue weighted by Crippen LogP contribution is -2.34. The molecule has 2 unspecified atom stereocenters. The molecule has 0 amide bonds. The highest BCUT2D eigenvalue weighted by Crippen LogP contribution is 2.38. The minimum Gasteiger partial charge on any atom is -0.359 e. The molecule has 1 rings (SSSR count). The number of rotatable bonds is 4. The van der Waals surface area contributed by atoms with E-state index in [2.05, 4.69) is 23.3 Å². The summed E-state index contributed by atoms with van der Waals surface area (Å²) in [5.41, 5.74) is 0.207. The second-order valence-corrected chi connectivity index (χ2v) is 4.81. The van der Waals surface area contributed by atoms with Crippen LogP contribution in [-0.4, -0.2) is 5.60 Å². The summed E-state index contributed by atoms with van der Waals surface area (Å²) in [4.78, 5) is 0. The number of hydrogen-bond donors (Lipinski definition) is 0. The Bertz CT molecular complexity index is 141. The second kappa shape index (κ2) is 5.32. The molecule has 2 heteroatoms. The first kappa shape index (κ1) is 11.5. The van der Waals surface area contributed by atoms with E-state index in [0.29, 0.717) is 0 Å². The molecule has 0 heterocycles. The van der Waals surface area contributed by atoms with E-state index in [1.807, 2.05) is 0 Å².